The molecule has 0 amide bonds. The highest BCUT2D eigenvalue weighted by Crippen LogP contribution is 2.48. The van der Waals surface area contributed by atoms with Crippen LogP contribution in [0.25, 0.3) is 0 Å². The van der Waals surface area contributed by atoms with Gasteiger partial charge in [-0.25, -0.2) is 0 Å². The monoisotopic (exact) mass is 267 g/mol. The maximum absolute atomic E-state index is 9.02. The van der Waals surface area contributed by atoms with E-state index in [1.807, 2.05) is 6.92 Å². The largest absolute Gasteiger partial charge is 0.463 e. The lowest BCUT2D eigenvalue weighted by atomic mass is 10.0. The number of anilines is 2. The van der Waals surface area contributed by atoms with E-state index in [9.17, 15) is 0 Å². The lowest BCUT2D eigenvalue weighted by Crippen LogP contribution is -2.19. The van der Waals surface area contributed by atoms with E-state index >= 15 is 0 Å². The Morgan fingerprint density at radius 3 is 2.79 bits per heavy atom. The van der Waals surface area contributed by atoms with Gasteiger partial charge in [-0.3, -0.25) is 0 Å². The summed E-state index contributed by atoms with van der Waals surface area (Å²) in [5.74, 6) is 0.582. The molecule has 1 aromatic heterocycles. The van der Waals surface area contributed by atoms with Gasteiger partial charge < -0.3 is 20.9 Å². The third-order valence-corrected chi connectivity index (χ3v) is 3.29. The number of nitrogens with two attached hydrogens (primary N) is 1. The fraction of sp³-hybridized carbons (Fsp3) is 0.750. The number of hydrogen-bond donors (Lipinski definition) is 3. The van der Waals surface area contributed by atoms with Gasteiger partial charge in [0.2, 0.25) is 11.9 Å². The molecule has 4 N–H and O–H groups in total. The number of nitrogens with one attached hydrogen (secondary N) is 1. The van der Waals surface area contributed by atoms with Crippen LogP contribution in [0.4, 0.5) is 11.9 Å². The average Bonchev–Trinajstić information content (AvgIpc) is 3.14. The van der Waals surface area contributed by atoms with Gasteiger partial charge in [-0.2, -0.15) is 15.0 Å². The van der Waals surface area contributed by atoms with Crippen molar-refractivity contribution >= 4 is 11.9 Å². The second-order valence-corrected chi connectivity index (χ2v) is 4.98. The highest BCUT2D eigenvalue weighted by molar-refractivity contribution is 5.33. The van der Waals surface area contributed by atoms with Crippen LogP contribution in [0.2, 0.25) is 0 Å². The van der Waals surface area contributed by atoms with E-state index in [0.29, 0.717) is 12.6 Å². The Hall–Kier alpha value is -1.63. The smallest absolute Gasteiger partial charge is 0.323 e. The highest BCUT2D eigenvalue weighted by atomic mass is 16.5. The number of aromatic nitrogens is 3. The second-order valence-electron chi connectivity index (χ2n) is 4.98. The number of nitrogens with zero attached hydrogens (tertiary/aromatic N) is 3. The van der Waals surface area contributed by atoms with Gasteiger partial charge in [0.05, 0.1) is 6.61 Å². The topological polar surface area (TPSA) is 106 Å². The van der Waals surface area contributed by atoms with Gasteiger partial charge in [-0.1, -0.05) is 6.92 Å². The number of ether oxygens (including phenoxy) is 1. The molecule has 19 heavy (non-hydrogen) atoms. The molecule has 1 saturated carbocycles. The number of aliphatic hydroxyl groups is 1. The zero-order chi connectivity index (χ0) is 13.7. The molecule has 1 aliphatic rings. The standard InChI is InChI=1S/C12H21N5O2/c1-2-7-19-11-16-9(13)15-10(17-11)14-8-12(3-4-12)5-6-18/h18H,2-8H2,1H3,(H3,13,14,15,16,17). The van der Waals surface area contributed by atoms with E-state index in [1.165, 1.54) is 0 Å². The van der Waals surface area contributed by atoms with Crippen molar-refractivity contribution in [2.45, 2.75) is 32.6 Å². The van der Waals surface area contributed by atoms with Crippen molar-refractivity contribution in [2.75, 3.05) is 30.8 Å². The first-order chi connectivity index (χ1) is 9.17. The Labute approximate surface area is 112 Å². The summed E-state index contributed by atoms with van der Waals surface area (Å²) < 4.78 is 5.35. The summed E-state index contributed by atoms with van der Waals surface area (Å²) in [5, 5.41) is 12.2. The zero-order valence-corrected chi connectivity index (χ0v) is 11.2. The normalized spacial score (nSPS) is 16.1. The molecule has 0 saturated heterocycles. The molecule has 0 atom stereocenters. The van der Waals surface area contributed by atoms with Crippen molar-refractivity contribution in [2.24, 2.45) is 5.41 Å². The Morgan fingerprint density at radius 2 is 2.16 bits per heavy atom. The third kappa shape index (κ3) is 3.92. The van der Waals surface area contributed by atoms with Crippen LogP contribution in [0.1, 0.15) is 32.6 Å². The summed E-state index contributed by atoms with van der Waals surface area (Å²) >= 11 is 0. The quantitative estimate of drug-likeness (QED) is 0.640. The van der Waals surface area contributed by atoms with Crippen molar-refractivity contribution in [1.29, 1.82) is 0 Å². The molecule has 106 valence electrons. The number of aliphatic hydroxyl groups excluding tert-OH is 1. The molecule has 0 unspecified atom stereocenters. The van der Waals surface area contributed by atoms with Crippen LogP contribution in [0.5, 0.6) is 6.01 Å². The zero-order valence-electron chi connectivity index (χ0n) is 11.2. The molecular formula is C12H21N5O2. The van der Waals surface area contributed by atoms with Crippen LogP contribution in [0.15, 0.2) is 0 Å². The molecule has 0 spiro atoms. The molecular weight excluding hydrogens is 246 g/mol. The molecule has 0 radical (unpaired) electrons. The number of hydrogen-bond acceptors (Lipinski definition) is 7. The summed E-state index contributed by atoms with van der Waals surface area (Å²) in [4.78, 5) is 12.1. The molecule has 1 fully saturated rings. The molecule has 0 aliphatic heterocycles. The second kappa shape index (κ2) is 6.01. The van der Waals surface area contributed by atoms with Crippen LogP contribution in [-0.2, 0) is 0 Å². The number of rotatable bonds is 8. The summed E-state index contributed by atoms with van der Waals surface area (Å²) in [7, 11) is 0. The maximum atomic E-state index is 9.02. The van der Waals surface area contributed by atoms with Crippen molar-refractivity contribution < 1.29 is 9.84 Å². The fourth-order valence-electron chi connectivity index (χ4n) is 1.90. The van der Waals surface area contributed by atoms with Crippen molar-refractivity contribution in [3.63, 3.8) is 0 Å². The van der Waals surface area contributed by atoms with Gasteiger partial charge in [0, 0.05) is 13.2 Å². The molecule has 1 aliphatic carbocycles. The van der Waals surface area contributed by atoms with E-state index in [1.54, 1.807) is 0 Å². The van der Waals surface area contributed by atoms with Gasteiger partial charge in [-0.15, -0.1) is 0 Å². The van der Waals surface area contributed by atoms with Crippen LogP contribution in [0.3, 0.4) is 0 Å². The van der Waals surface area contributed by atoms with E-state index < -0.39 is 0 Å². The van der Waals surface area contributed by atoms with E-state index in [4.69, 9.17) is 15.6 Å². The molecule has 2 rings (SSSR count). The SMILES string of the molecule is CCCOc1nc(N)nc(NCC2(CCO)CC2)n1. The predicted molar refractivity (Wildman–Crippen MR) is 71.9 cm³/mol. The Bertz CT molecular complexity index is 423. The molecule has 0 bridgehead atoms. The van der Waals surface area contributed by atoms with Crippen molar-refractivity contribution in [3.05, 3.63) is 0 Å². The molecule has 7 heteroatoms. The van der Waals surface area contributed by atoms with Crippen LogP contribution in [-0.4, -0.2) is 39.8 Å². The first-order valence-corrected chi connectivity index (χ1v) is 6.66. The van der Waals surface area contributed by atoms with Crippen LogP contribution >= 0.6 is 0 Å². The lowest BCUT2D eigenvalue weighted by Gasteiger charge is -2.14. The first-order valence-electron chi connectivity index (χ1n) is 6.66. The van der Waals surface area contributed by atoms with E-state index in [-0.39, 0.29) is 24.0 Å². The minimum atomic E-state index is 0.149. The lowest BCUT2D eigenvalue weighted by molar-refractivity contribution is 0.253. The van der Waals surface area contributed by atoms with Gasteiger partial charge in [0.1, 0.15) is 0 Å². The number of nitrogen functional groups attached to an aromatic ring is 1. The van der Waals surface area contributed by atoms with Gasteiger partial charge in [0.25, 0.3) is 0 Å². The molecule has 1 aromatic rings. The van der Waals surface area contributed by atoms with Crippen molar-refractivity contribution in [1.82, 2.24) is 15.0 Å². The summed E-state index contributed by atoms with van der Waals surface area (Å²) in [5.41, 5.74) is 5.82. The molecule has 7 nitrogen and oxygen atoms in total. The van der Waals surface area contributed by atoms with Crippen LogP contribution in [0, 0.1) is 5.41 Å². The third-order valence-electron chi connectivity index (χ3n) is 3.29. The highest BCUT2D eigenvalue weighted by Gasteiger charge is 2.41. The van der Waals surface area contributed by atoms with E-state index in [0.717, 1.165) is 32.2 Å². The maximum Gasteiger partial charge on any atom is 0.323 e. The van der Waals surface area contributed by atoms with Gasteiger partial charge in [0.15, 0.2) is 0 Å². The Kier molecular flexibility index (Phi) is 4.36. The van der Waals surface area contributed by atoms with E-state index in [2.05, 4.69) is 20.3 Å². The van der Waals surface area contributed by atoms with Gasteiger partial charge in [-0.05, 0) is 31.1 Å². The Morgan fingerprint density at radius 1 is 1.37 bits per heavy atom. The summed E-state index contributed by atoms with van der Waals surface area (Å²) in [6.07, 6.45) is 3.94. The summed E-state index contributed by atoms with van der Waals surface area (Å²) in [6.45, 7) is 3.52. The average molecular weight is 267 g/mol. The van der Waals surface area contributed by atoms with Gasteiger partial charge >= 0.3 is 6.01 Å². The first kappa shape index (κ1) is 13.8. The molecule has 0 aromatic carbocycles. The minimum absolute atomic E-state index is 0.149. The Balaban J connectivity index is 1.94. The molecule has 1 heterocycles. The van der Waals surface area contributed by atoms with Crippen LogP contribution < -0.4 is 15.8 Å². The fourth-order valence-corrected chi connectivity index (χ4v) is 1.90. The predicted octanol–water partition coefficient (Wildman–Crippen LogP) is 0.817. The van der Waals surface area contributed by atoms with Crippen molar-refractivity contribution in [3.8, 4) is 6.01 Å². The minimum Gasteiger partial charge on any atom is -0.463 e. The summed E-state index contributed by atoms with van der Waals surface area (Å²) in [6, 6.07) is 0.254.